The third kappa shape index (κ3) is 3.04. The van der Waals surface area contributed by atoms with Crippen LogP contribution in [0.1, 0.15) is 29.5 Å². The van der Waals surface area contributed by atoms with Crippen molar-refractivity contribution in [1.29, 1.82) is 0 Å². The molecule has 0 saturated heterocycles. The molecule has 7 heteroatoms. The Hall–Kier alpha value is -4.26. The van der Waals surface area contributed by atoms with Crippen LogP contribution in [0.15, 0.2) is 77.9 Å². The Morgan fingerprint density at radius 1 is 1.00 bits per heavy atom. The zero-order valence-electron chi connectivity index (χ0n) is 18.8. The molecule has 3 aromatic carbocycles. The van der Waals surface area contributed by atoms with Gasteiger partial charge in [-0.3, -0.25) is 9.89 Å². The Kier molecular flexibility index (Phi) is 4.58. The van der Waals surface area contributed by atoms with Crippen LogP contribution in [0.3, 0.4) is 0 Å². The highest BCUT2D eigenvalue weighted by molar-refractivity contribution is 6.07. The quantitative estimate of drug-likeness (QED) is 0.405. The first-order valence-electron chi connectivity index (χ1n) is 11.2. The summed E-state index contributed by atoms with van der Waals surface area (Å²) in [5, 5.41) is 14.3. The van der Waals surface area contributed by atoms with Crippen LogP contribution in [0.2, 0.25) is 0 Å². The molecule has 0 aliphatic heterocycles. The second kappa shape index (κ2) is 7.66. The maximum Gasteiger partial charge on any atom is 0.291 e. The van der Waals surface area contributed by atoms with Crippen LogP contribution in [0, 0.1) is 5.82 Å². The van der Waals surface area contributed by atoms with E-state index in [-0.39, 0.29) is 17.3 Å². The molecule has 0 amide bonds. The van der Waals surface area contributed by atoms with Crippen molar-refractivity contribution in [2.45, 2.75) is 19.4 Å². The van der Waals surface area contributed by atoms with Crippen LogP contribution in [0.25, 0.3) is 32.7 Å². The van der Waals surface area contributed by atoms with Crippen LogP contribution in [0.5, 0.6) is 0 Å². The highest BCUT2D eigenvalue weighted by Crippen LogP contribution is 2.32. The molecule has 3 heterocycles. The lowest BCUT2D eigenvalue weighted by molar-refractivity contribution is 0.603. The van der Waals surface area contributed by atoms with Gasteiger partial charge in [-0.2, -0.15) is 10.2 Å². The van der Waals surface area contributed by atoms with Crippen molar-refractivity contribution >= 4 is 32.7 Å². The number of rotatable bonds is 4. The van der Waals surface area contributed by atoms with Crippen LogP contribution in [-0.4, -0.2) is 24.5 Å². The van der Waals surface area contributed by atoms with Gasteiger partial charge in [0, 0.05) is 34.6 Å². The Labute approximate surface area is 194 Å². The smallest absolute Gasteiger partial charge is 0.291 e. The van der Waals surface area contributed by atoms with Crippen molar-refractivity contribution in [3.8, 4) is 0 Å². The summed E-state index contributed by atoms with van der Waals surface area (Å²) in [6.45, 7) is 2.34. The normalized spacial score (nSPS) is 12.7. The maximum absolute atomic E-state index is 14.4. The molecule has 0 spiro atoms. The minimum absolute atomic E-state index is 0.117. The molecule has 6 rings (SSSR count). The molecular formula is C27H22FN5O. The summed E-state index contributed by atoms with van der Waals surface area (Å²) < 4.78 is 17.8. The van der Waals surface area contributed by atoms with E-state index in [0.29, 0.717) is 17.6 Å². The highest BCUT2D eigenvalue weighted by atomic mass is 19.1. The molecule has 34 heavy (non-hydrogen) atoms. The number of benzene rings is 3. The SMILES string of the molecule is CC(c1ccc2c3cnn(Cc4cccc5[nH]ncc45)c(=O)c3n(C)c2c1)c1ccccc1F. The minimum atomic E-state index is -0.216. The molecule has 0 saturated carbocycles. The van der Waals surface area contributed by atoms with E-state index in [4.69, 9.17) is 0 Å². The topological polar surface area (TPSA) is 68.5 Å². The number of aromatic amines is 1. The van der Waals surface area contributed by atoms with Crippen LogP contribution in [0.4, 0.5) is 4.39 Å². The van der Waals surface area contributed by atoms with Crippen LogP contribution >= 0.6 is 0 Å². The van der Waals surface area contributed by atoms with E-state index in [1.807, 2.05) is 67.1 Å². The van der Waals surface area contributed by atoms with Gasteiger partial charge in [-0.1, -0.05) is 49.4 Å². The largest absolute Gasteiger partial charge is 0.339 e. The van der Waals surface area contributed by atoms with Gasteiger partial charge in [0.2, 0.25) is 0 Å². The van der Waals surface area contributed by atoms with Crippen molar-refractivity contribution in [2.24, 2.45) is 7.05 Å². The van der Waals surface area contributed by atoms with Gasteiger partial charge < -0.3 is 4.57 Å². The molecule has 168 valence electrons. The number of hydrogen-bond acceptors (Lipinski definition) is 3. The molecule has 6 nitrogen and oxygen atoms in total. The first-order valence-corrected chi connectivity index (χ1v) is 11.2. The second-order valence-corrected chi connectivity index (χ2v) is 8.70. The van der Waals surface area contributed by atoms with E-state index < -0.39 is 0 Å². The van der Waals surface area contributed by atoms with Gasteiger partial charge in [0.15, 0.2) is 0 Å². The van der Waals surface area contributed by atoms with E-state index in [2.05, 4.69) is 15.3 Å². The van der Waals surface area contributed by atoms with Crippen molar-refractivity contribution in [1.82, 2.24) is 24.5 Å². The summed E-state index contributed by atoms with van der Waals surface area (Å²) in [6.07, 6.45) is 3.53. The summed E-state index contributed by atoms with van der Waals surface area (Å²) >= 11 is 0. The number of aryl methyl sites for hydroxylation is 1. The molecule has 1 N–H and O–H groups in total. The Morgan fingerprint density at radius 2 is 1.85 bits per heavy atom. The fraction of sp³-hybridized carbons (Fsp3) is 0.148. The fourth-order valence-electron chi connectivity index (χ4n) is 4.89. The highest BCUT2D eigenvalue weighted by Gasteiger charge is 2.18. The first-order chi connectivity index (χ1) is 16.5. The predicted molar refractivity (Wildman–Crippen MR) is 132 cm³/mol. The lowest BCUT2D eigenvalue weighted by atomic mass is 9.92. The van der Waals surface area contributed by atoms with Gasteiger partial charge in [0.05, 0.1) is 24.5 Å². The number of nitrogens with one attached hydrogen (secondary N) is 1. The van der Waals surface area contributed by atoms with Crippen LogP contribution < -0.4 is 5.56 Å². The summed E-state index contributed by atoms with van der Waals surface area (Å²) in [4.78, 5) is 13.5. The lowest BCUT2D eigenvalue weighted by Gasteiger charge is -2.14. The molecule has 6 aromatic rings. The van der Waals surface area contributed by atoms with Crippen molar-refractivity contribution < 1.29 is 4.39 Å². The summed E-state index contributed by atoms with van der Waals surface area (Å²) in [7, 11) is 1.89. The molecule has 0 bridgehead atoms. The number of fused-ring (bicyclic) bond motifs is 4. The van der Waals surface area contributed by atoms with E-state index in [9.17, 15) is 9.18 Å². The molecule has 3 aromatic heterocycles. The summed E-state index contributed by atoms with van der Waals surface area (Å²) in [5.74, 6) is -0.333. The molecule has 0 radical (unpaired) electrons. The maximum atomic E-state index is 14.4. The zero-order chi connectivity index (χ0) is 23.4. The van der Waals surface area contributed by atoms with E-state index in [1.54, 1.807) is 18.5 Å². The average Bonchev–Trinajstić information content (AvgIpc) is 3.44. The third-order valence-electron chi connectivity index (χ3n) is 6.79. The van der Waals surface area contributed by atoms with Gasteiger partial charge in [-0.05, 0) is 34.9 Å². The molecule has 0 aliphatic carbocycles. The molecule has 0 aliphatic rings. The van der Waals surface area contributed by atoms with Gasteiger partial charge in [0.25, 0.3) is 5.56 Å². The zero-order valence-corrected chi connectivity index (χ0v) is 18.8. The van der Waals surface area contributed by atoms with Crippen molar-refractivity contribution in [2.75, 3.05) is 0 Å². The second-order valence-electron chi connectivity index (χ2n) is 8.70. The first kappa shape index (κ1) is 20.4. The van der Waals surface area contributed by atoms with Gasteiger partial charge in [-0.25, -0.2) is 9.07 Å². The van der Waals surface area contributed by atoms with Gasteiger partial charge in [-0.15, -0.1) is 0 Å². The molecular weight excluding hydrogens is 429 g/mol. The standard InChI is InChI=1S/C27H22FN5O/c1-16(19-7-3-4-8-23(19)28)17-10-11-20-22-14-30-33(27(34)26(22)32(2)25(20)12-17)15-18-6-5-9-24-21(18)13-29-31-24/h3-14,16H,15H2,1-2H3,(H,29,31). The lowest BCUT2D eigenvalue weighted by Crippen LogP contribution is -2.24. The number of halogens is 1. The van der Waals surface area contributed by atoms with Crippen molar-refractivity contribution in [3.05, 3.63) is 106 Å². The fourth-order valence-corrected chi connectivity index (χ4v) is 4.89. The average molecular weight is 452 g/mol. The van der Waals surface area contributed by atoms with Gasteiger partial charge >= 0.3 is 0 Å². The molecule has 1 atom stereocenters. The Bertz CT molecular complexity index is 1760. The van der Waals surface area contributed by atoms with E-state index >= 15 is 0 Å². The Balaban J connectivity index is 1.47. The van der Waals surface area contributed by atoms with Crippen molar-refractivity contribution in [3.63, 3.8) is 0 Å². The molecule has 1 unspecified atom stereocenters. The summed E-state index contributed by atoms with van der Waals surface area (Å²) in [5.41, 5.74) is 4.90. The Morgan fingerprint density at radius 3 is 2.71 bits per heavy atom. The molecule has 0 fully saturated rings. The van der Waals surface area contributed by atoms with Gasteiger partial charge in [0.1, 0.15) is 11.3 Å². The van der Waals surface area contributed by atoms with Crippen LogP contribution in [-0.2, 0) is 13.6 Å². The number of hydrogen-bond donors (Lipinski definition) is 1. The monoisotopic (exact) mass is 451 g/mol. The van der Waals surface area contributed by atoms with E-state index in [0.717, 1.165) is 38.3 Å². The number of nitrogens with zero attached hydrogens (tertiary/aromatic N) is 4. The van der Waals surface area contributed by atoms with E-state index in [1.165, 1.54) is 10.7 Å². The number of H-pyrrole nitrogens is 1. The third-order valence-corrected chi connectivity index (χ3v) is 6.79. The summed E-state index contributed by atoms with van der Waals surface area (Å²) in [6, 6.07) is 18.8. The predicted octanol–water partition coefficient (Wildman–Crippen LogP) is 5.10. The number of aromatic nitrogens is 5. The minimum Gasteiger partial charge on any atom is -0.339 e.